The number of rotatable bonds is 5. The van der Waals surface area contributed by atoms with Crippen molar-refractivity contribution in [2.75, 3.05) is 44.2 Å². The molecule has 1 heterocycles. The van der Waals surface area contributed by atoms with Gasteiger partial charge in [0.05, 0.1) is 6.54 Å². The highest BCUT2D eigenvalue weighted by molar-refractivity contribution is 5.95. The van der Waals surface area contributed by atoms with E-state index >= 15 is 0 Å². The lowest BCUT2D eigenvalue weighted by Gasteiger charge is -2.36. The Morgan fingerprint density at radius 3 is 2.48 bits per heavy atom. The summed E-state index contributed by atoms with van der Waals surface area (Å²) in [4.78, 5) is 27.7. The number of hydrogen-bond donors (Lipinski definition) is 2. The van der Waals surface area contributed by atoms with Gasteiger partial charge in [-0.05, 0) is 25.0 Å². The number of amides is 3. The molecule has 1 aliphatic heterocycles. The second kappa shape index (κ2) is 8.53. The number of benzene rings is 1. The number of nitrogens with zero attached hydrogens (tertiary/aromatic N) is 2. The molecule has 6 heteroatoms. The molecule has 1 aliphatic rings. The van der Waals surface area contributed by atoms with Crippen molar-refractivity contribution in [3.63, 3.8) is 0 Å². The van der Waals surface area contributed by atoms with Gasteiger partial charge in [0.15, 0.2) is 0 Å². The van der Waals surface area contributed by atoms with Gasteiger partial charge in [-0.1, -0.05) is 25.1 Å². The van der Waals surface area contributed by atoms with E-state index in [9.17, 15) is 9.59 Å². The molecule has 2 rings (SSSR count). The van der Waals surface area contributed by atoms with Gasteiger partial charge in [-0.2, -0.15) is 0 Å². The van der Waals surface area contributed by atoms with E-state index in [-0.39, 0.29) is 12.5 Å². The first-order valence-electron chi connectivity index (χ1n) is 8.20. The first kappa shape index (κ1) is 17.3. The molecule has 0 spiro atoms. The van der Waals surface area contributed by atoms with Crippen LogP contribution < -0.4 is 15.5 Å². The molecule has 126 valence electrons. The monoisotopic (exact) mass is 318 g/mol. The second-order valence-electron chi connectivity index (χ2n) is 5.85. The minimum Gasteiger partial charge on any atom is -0.369 e. The lowest BCUT2D eigenvalue weighted by atomic mass is 10.1. The van der Waals surface area contributed by atoms with Gasteiger partial charge < -0.3 is 10.2 Å². The molecule has 1 saturated heterocycles. The highest BCUT2D eigenvalue weighted by atomic mass is 16.2. The molecule has 0 aliphatic carbocycles. The second-order valence-corrected chi connectivity index (χ2v) is 5.85. The molecule has 0 unspecified atom stereocenters. The van der Waals surface area contributed by atoms with E-state index in [1.54, 1.807) is 0 Å². The fraction of sp³-hybridized carbons (Fsp3) is 0.529. The fourth-order valence-electron chi connectivity index (χ4n) is 2.72. The Morgan fingerprint density at radius 1 is 1.13 bits per heavy atom. The van der Waals surface area contributed by atoms with Crippen LogP contribution in [0.2, 0.25) is 0 Å². The van der Waals surface area contributed by atoms with Gasteiger partial charge in [-0.15, -0.1) is 0 Å². The third kappa shape index (κ3) is 5.25. The maximum atomic E-state index is 11.9. The number of para-hydroxylation sites is 1. The van der Waals surface area contributed by atoms with Gasteiger partial charge in [-0.25, -0.2) is 4.79 Å². The zero-order chi connectivity index (χ0) is 16.7. The molecule has 23 heavy (non-hydrogen) atoms. The number of imide groups is 1. The Hall–Kier alpha value is -2.08. The number of urea groups is 1. The fourth-order valence-corrected chi connectivity index (χ4v) is 2.72. The molecule has 0 aromatic heterocycles. The molecular formula is C17H26N4O2. The van der Waals surface area contributed by atoms with Gasteiger partial charge in [0.2, 0.25) is 5.91 Å². The zero-order valence-electron chi connectivity index (χ0n) is 14.0. The summed E-state index contributed by atoms with van der Waals surface area (Å²) in [7, 11) is 0. The van der Waals surface area contributed by atoms with Gasteiger partial charge in [0.1, 0.15) is 0 Å². The Bertz CT molecular complexity index is 539. The van der Waals surface area contributed by atoms with Crippen molar-refractivity contribution >= 4 is 17.6 Å². The van der Waals surface area contributed by atoms with Gasteiger partial charge in [-0.3, -0.25) is 15.0 Å². The molecule has 0 radical (unpaired) electrons. The van der Waals surface area contributed by atoms with Crippen molar-refractivity contribution in [3.05, 3.63) is 29.8 Å². The summed E-state index contributed by atoms with van der Waals surface area (Å²) in [5.74, 6) is -0.247. The van der Waals surface area contributed by atoms with E-state index in [1.807, 2.05) is 13.0 Å². The normalized spacial score (nSPS) is 15.3. The first-order chi connectivity index (χ1) is 11.1. The lowest BCUT2D eigenvalue weighted by molar-refractivity contribution is -0.121. The van der Waals surface area contributed by atoms with Crippen LogP contribution in [-0.2, 0) is 4.79 Å². The van der Waals surface area contributed by atoms with E-state index < -0.39 is 6.03 Å². The van der Waals surface area contributed by atoms with Crippen molar-refractivity contribution in [1.29, 1.82) is 0 Å². The van der Waals surface area contributed by atoms with Crippen LogP contribution in [-0.4, -0.2) is 56.1 Å². The third-order valence-electron chi connectivity index (χ3n) is 3.98. The molecule has 1 aromatic rings. The average molecular weight is 318 g/mol. The average Bonchev–Trinajstić information content (AvgIpc) is 2.54. The zero-order valence-corrected chi connectivity index (χ0v) is 14.0. The van der Waals surface area contributed by atoms with Crippen LogP contribution in [0.1, 0.15) is 18.9 Å². The van der Waals surface area contributed by atoms with E-state index in [0.29, 0.717) is 6.54 Å². The van der Waals surface area contributed by atoms with Crippen LogP contribution in [0, 0.1) is 6.92 Å². The number of carbonyl (C=O) groups excluding carboxylic acids is 2. The van der Waals surface area contributed by atoms with E-state index in [4.69, 9.17) is 0 Å². The highest BCUT2D eigenvalue weighted by Crippen LogP contribution is 2.20. The Kier molecular flexibility index (Phi) is 6.40. The van der Waals surface area contributed by atoms with Gasteiger partial charge in [0, 0.05) is 38.4 Å². The Labute approximate surface area is 137 Å². The SMILES string of the molecule is CCCNC(=O)NC(=O)CN1CCN(c2ccccc2C)CC1. The summed E-state index contributed by atoms with van der Waals surface area (Å²) in [5, 5.41) is 5.01. The number of piperazine rings is 1. The number of anilines is 1. The standard InChI is InChI=1S/C17H26N4O2/c1-3-8-18-17(23)19-16(22)13-20-9-11-21(12-10-20)15-7-5-4-6-14(15)2/h4-7H,3,8-13H2,1-2H3,(H2,18,19,22,23). The summed E-state index contributed by atoms with van der Waals surface area (Å²) >= 11 is 0. The van der Waals surface area contributed by atoms with Crippen LogP contribution in [0.25, 0.3) is 0 Å². The van der Waals surface area contributed by atoms with Crippen molar-refractivity contribution in [2.45, 2.75) is 20.3 Å². The van der Waals surface area contributed by atoms with Crippen molar-refractivity contribution in [1.82, 2.24) is 15.5 Å². The van der Waals surface area contributed by atoms with Crippen LogP contribution in [0.15, 0.2) is 24.3 Å². The Morgan fingerprint density at radius 2 is 1.83 bits per heavy atom. The van der Waals surface area contributed by atoms with Crippen LogP contribution in [0.4, 0.5) is 10.5 Å². The summed E-state index contributed by atoms with van der Waals surface area (Å²) in [5.41, 5.74) is 2.53. The van der Waals surface area contributed by atoms with Gasteiger partial charge >= 0.3 is 6.03 Å². The van der Waals surface area contributed by atoms with Crippen LogP contribution in [0.5, 0.6) is 0 Å². The highest BCUT2D eigenvalue weighted by Gasteiger charge is 2.20. The molecule has 1 fully saturated rings. The van der Waals surface area contributed by atoms with Crippen LogP contribution in [0.3, 0.4) is 0 Å². The summed E-state index contributed by atoms with van der Waals surface area (Å²) < 4.78 is 0. The van der Waals surface area contributed by atoms with Crippen LogP contribution >= 0.6 is 0 Å². The largest absolute Gasteiger partial charge is 0.369 e. The Balaban J connectivity index is 1.75. The molecule has 0 saturated carbocycles. The van der Waals surface area contributed by atoms with E-state index in [0.717, 1.165) is 32.6 Å². The summed E-state index contributed by atoms with van der Waals surface area (Å²) in [6.07, 6.45) is 0.850. The third-order valence-corrected chi connectivity index (χ3v) is 3.98. The maximum Gasteiger partial charge on any atom is 0.321 e. The first-order valence-corrected chi connectivity index (χ1v) is 8.20. The predicted molar refractivity (Wildman–Crippen MR) is 91.7 cm³/mol. The minimum atomic E-state index is -0.407. The quantitative estimate of drug-likeness (QED) is 0.860. The molecule has 0 bridgehead atoms. The van der Waals surface area contributed by atoms with E-state index in [1.165, 1.54) is 11.3 Å². The molecule has 0 atom stereocenters. The molecule has 6 nitrogen and oxygen atoms in total. The van der Waals surface area contributed by atoms with Crippen molar-refractivity contribution in [3.8, 4) is 0 Å². The molecule has 1 aromatic carbocycles. The van der Waals surface area contributed by atoms with Crippen molar-refractivity contribution < 1.29 is 9.59 Å². The predicted octanol–water partition coefficient (Wildman–Crippen LogP) is 1.35. The number of carbonyl (C=O) groups is 2. The smallest absolute Gasteiger partial charge is 0.321 e. The lowest BCUT2D eigenvalue weighted by Crippen LogP contribution is -2.51. The van der Waals surface area contributed by atoms with E-state index in [2.05, 4.69) is 45.6 Å². The maximum absolute atomic E-state index is 11.9. The molecule has 3 amide bonds. The number of aryl methyl sites for hydroxylation is 1. The summed E-state index contributed by atoms with van der Waals surface area (Å²) in [6.45, 7) is 8.34. The topological polar surface area (TPSA) is 64.7 Å². The number of hydrogen-bond acceptors (Lipinski definition) is 4. The summed E-state index contributed by atoms with van der Waals surface area (Å²) in [6, 6.07) is 7.94. The van der Waals surface area contributed by atoms with Gasteiger partial charge in [0.25, 0.3) is 0 Å². The van der Waals surface area contributed by atoms with Crippen molar-refractivity contribution in [2.24, 2.45) is 0 Å². The minimum absolute atomic E-state index is 0.247. The molecule has 2 N–H and O–H groups in total. The molecular weight excluding hydrogens is 292 g/mol. The number of nitrogens with one attached hydrogen (secondary N) is 2.